The fourth-order valence-electron chi connectivity index (χ4n) is 8.46. The van der Waals surface area contributed by atoms with Crippen molar-refractivity contribution >= 4 is 59.1 Å². The van der Waals surface area contributed by atoms with Crippen LogP contribution in [0.3, 0.4) is 0 Å². The van der Waals surface area contributed by atoms with Crippen molar-refractivity contribution in [2.45, 2.75) is 193 Å². The molecule has 10 amide bonds. The van der Waals surface area contributed by atoms with Crippen LogP contribution in [0.2, 0.25) is 0 Å². The summed E-state index contributed by atoms with van der Waals surface area (Å²) in [6.45, 7) is 15.0. The monoisotopic (exact) mass is 1000 g/mol. The summed E-state index contributed by atoms with van der Waals surface area (Å²) >= 11 is 0. The summed E-state index contributed by atoms with van der Waals surface area (Å²) in [7, 11) is 3.77. The Labute approximate surface area is 422 Å². The van der Waals surface area contributed by atoms with Gasteiger partial charge in [-0.1, -0.05) is 65.7 Å². The molecule has 1 aliphatic carbocycles. The Hall–Kier alpha value is -5.34. The van der Waals surface area contributed by atoms with E-state index in [2.05, 4.69) is 54.8 Å². The highest BCUT2D eigenvalue weighted by Gasteiger charge is 2.39. The topological polar surface area (TPSA) is 285 Å². The second-order valence-electron chi connectivity index (χ2n) is 21.5. The largest absolute Gasteiger partial charge is 0.355 e. The van der Waals surface area contributed by atoms with Gasteiger partial charge < -0.3 is 57.7 Å². The molecule has 0 aromatic heterocycles. The van der Waals surface area contributed by atoms with E-state index in [1.165, 1.54) is 48.0 Å². The van der Waals surface area contributed by atoms with Crippen molar-refractivity contribution < 1.29 is 47.9 Å². The van der Waals surface area contributed by atoms with Crippen LogP contribution in [-0.4, -0.2) is 157 Å². The molecule has 0 aromatic carbocycles. The lowest BCUT2D eigenvalue weighted by atomic mass is 9.85. The molecule has 2 aliphatic rings. The minimum atomic E-state index is -1.55. The number of likely N-dealkylation sites (tertiary alicyclic amines) is 1. The zero-order valence-electron chi connectivity index (χ0n) is 44.7. The maximum Gasteiger partial charge on any atom is 0.246 e. The first-order chi connectivity index (χ1) is 33.2. The molecule has 21 heteroatoms. The Kier molecular flexibility index (Phi) is 26.0. The molecule has 21 nitrogen and oxygen atoms in total. The summed E-state index contributed by atoms with van der Waals surface area (Å²) in [5, 5.41) is 23.9. The average molecular weight is 1000 g/mol. The maximum atomic E-state index is 13.6. The molecule has 0 radical (unpaired) electrons. The molecule has 0 spiro atoms. The van der Waals surface area contributed by atoms with Crippen molar-refractivity contribution in [3.8, 4) is 0 Å². The molecule has 9 N–H and O–H groups in total. The third kappa shape index (κ3) is 22.7. The lowest BCUT2D eigenvalue weighted by Crippen LogP contribution is -2.64. The Bertz CT molecular complexity index is 1830. The van der Waals surface area contributed by atoms with Crippen molar-refractivity contribution in [2.75, 3.05) is 53.4 Å². The Morgan fingerprint density at radius 1 is 0.606 bits per heavy atom. The molecule has 2 fully saturated rings. The molecule has 3 atom stereocenters. The van der Waals surface area contributed by atoms with Gasteiger partial charge >= 0.3 is 0 Å². The number of hydrogen-bond donors (Lipinski definition) is 9. The molecule has 1 saturated heterocycles. The van der Waals surface area contributed by atoms with Gasteiger partial charge in [-0.15, -0.1) is 0 Å². The number of hydrogen-bond acceptors (Lipinski definition) is 11. The first-order valence-corrected chi connectivity index (χ1v) is 25.8. The van der Waals surface area contributed by atoms with Gasteiger partial charge in [0.15, 0.2) is 0 Å². The van der Waals surface area contributed by atoms with Crippen molar-refractivity contribution in [3.05, 3.63) is 0 Å². The second-order valence-corrected chi connectivity index (χ2v) is 21.5. The fourth-order valence-corrected chi connectivity index (χ4v) is 8.46. The third-order valence-electron chi connectivity index (χ3n) is 12.8. The van der Waals surface area contributed by atoms with Gasteiger partial charge in [-0.2, -0.15) is 0 Å². The highest BCUT2D eigenvalue weighted by Crippen LogP contribution is 2.28. The number of carbonyl (C=O) groups excluding carboxylic acids is 10. The lowest BCUT2D eigenvalue weighted by Gasteiger charge is -2.33. The van der Waals surface area contributed by atoms with Crippen LogP contribution < -0.4 is 47.9 Å². The van der Waals surface area contributed by atoms with E-state index in [1.54, 1.807) is 4.90 Å². The second kappa shape index (κ2) is 29.9. The molecule has 2 rings (SSSR count). The van der Waals surface area contributed by atoms with E-state index in [4.69, 9.17) is 0 Å². The van der Waals surface area contributed by atoms with E-state index in [-0.39, 0.29) is 43.0 Å². The summed E-state index contributed by atoms with van der Waals surface area (Å²) in [4.78, 5) is 136. The van der Waals surface area contributed by atoms with Gasteiger partial charge in [-0.05, 0) is 106 Å². The molecule has 1 saturated carbocycles. The van der Waals surface area contributed by atoms with Crippen molar-refractivity contribution in [1.82, 2.24) is 57.7 Å². The predicted molar refractivity (Wildman–Crippen MR) is 270 cm³/mol. The van der Waals surface area contributed by atoms with E-state index in [0.717, 1.165) is 51.4 Å². The quantitative estimate of drug-likeness (QED) is 0.0459. The Morgan fingerprint density at radius 2 is 1.23 bits per heavy atom. The van der Waals surface area contributed by atoms with E-state index < -0.39 is 89.2 Å². The smallest absolute Gasteiger partial charge is 0.246 e. The van der Waals surface area contributed by atoms with Crippen LogP contribution in [0.4, 0.5) is 0 Å². The van der Waals surface area contributed by atoms with Gasteiger partial charge in [-0.3, -0.25) is 47.9 Å². The van der Waals surface area contributed by atoms with Crippen LogP contribution in [0.5, 0.6) is 0 Å². The normalized spacial score (nSPS) is 16.3. The molecule has 404 valence electrons. The van der Waals surface area contributed by atoms with Crippen LogP contribution in [-0.2, 0) is 47.9 Å². The van der Waals surface area contributed by atoms with Crippen molar-refractivity contribution in [3.63, 3.8) is 0 Å². The number of likely N-dealkylation sites (N-methyl/N-ethyl adjacent to an activating group) is 1. The molecule has 1 aliphatic heterocycles. The Balaban J connectivity index is 1.96. The van der Waals surface area contributed by atoms with Crippen LogP contribution in [0.25, 0.3) is 0 Å². The number of rotatable bonds is 30. The summed E-state index contributed by atoms with van der Waals surface area (Å²) in [5.74, 6) is -4.95. The van der Waals surface area contributed by atoms with Crippen LogP contribution in [0, 0.1) is 11.8 Å². The lowest BCUT2D eigenvalue weighted by molar-refractivity contribution is -0.139. The molecule has 1 unspecified atom stereocenters. The van der Waals surface area contributed by atoms with Crippen molar-refractivity contribution in [1.29, 1.82) is 0 Å². The number of carbonyl (C=O) groups is 10. The molecule has 1 heterocycles. The highest BCUT2D eigenvalue weighted by atomic mass is 16.2. The van der Waals surface area contributed by atoms with Gasteiger partial charge in [0.2, 0.25) is 59.1 Å². The van der Waals surface area contributed by atoms with Crippen LogP contribution in [0.15, 0.2) is 0 Å². The Morgan fingerprint density at radius 3 is 1.86 bits per heavy atom. The maximum absolute atomic E-state index is 13.6. The van der Waals surface area contributed by atoms with E-state index in [1.807, 2.05) is 32.8 Å². The highest BCUT2D eigenvalue weighted by molar-refractivity contribution is 5.99. The molecule has 71 heavy (non-hydrogen) atoms. The first kappa shape index (κ1) is 61.8. The van der Waals surface area contributed by atoms with Crippen LogP contribution >= 0.6 is 0 Å². The van der Waals surface area contributed by atoms with Crippen molar-refractivity contribution in [2.24, 2.45) is 11.8 Å². The van der Waals surface area contributed by atoms with Gasteiger partial charge in [0.25, 0.3) is 0 Å². The molecule has 0 bridgehead atoms. The minimum absolute atomic E-state index is 0.0449. The van der Waals surface area contributed by atoms with Gasteiger partial charge in [0.05, 0.1) is 13.1 Å². The standard InChI is InChI=1S/C50H89N11O10/c1-12-13-15-22-41(65)61-28-18-21-37(61)44(68)56-35(24-23-34-19-16-14-17-20-34)42(66)53-32-40(64)57-48(4,5)46(70)54-31-39(63)55-36(30-33(2)3)43(67)58-50(8,9)47(71)59-49(6,7)45(69)52-26-25-38(62)51-27-29-60(10)11/h33-37H,12-32H2,1-11H3,(H,51,62)(H,52,69)(H,53,66)(H,54,70)(H,55,63)(H,56,68)(H,57,64)(H,58,67)(H,59,71)/t35-,36?,37-/m0/s1. The third-order valence-corrected chi connectivity index (χ3v) is 12.8. The SMILES string of the molecule is CCCCCC(=O)N1CCC[C@H]1C(=O)N[C@@H](CCC1CCCCC1)C(=O)NCC(=O)NC(C)(C)C(=O)NCC(=O)NC(CC(C)C)C(=O)NC(C)(C)C(=O)NC(C)(C)C(=O)NCCC(=O)NCCN(C)C. The summed E-state index contributed by atoms with van der Waals surface area (Å²) in [6.07, 6.45) is 11.0. The summed E-state index contributed by atoms with van der Waals surface area (Å²) in [5.41, 5.74) is -4.52. The summed E-state index contributed by atoms with van der Waals surface area (Å²) in [6, 6.07) is -2.72. The van der Waals surface area contributed by atoms with E-state index >= 15 is 0 Å². The molecular formula is C50H89N11O10. The number of amides is 10. The van der Waals surface area contributed by atoms with Gasteiger partial charge in [-0.25, -0.2) is 0 Å². The number of unbranched alkanes of at least 4 members (excludes halogenated alkanes) is 2. The minimum Gasteiger partial charge on any atom is -0.355 e. The van der Waals surface area contributed by atoms with Crippen LogP contribution in [0.1, 0.15) is 159 Å². The fraction of sp³-hybridized carbons (Fsp3) is 0.800. The predicted octanol–water partition coefficient (Wildman–Crippen LogP) is 1.03. The first-order valence-electron chi connectivity index (χ1n) is 25.8. The molecular weight excluding hydrogens is 915 g/mol. The number of nitrogens with zero attached hydrogens (tertiary/aromatic N) is 2. The van der Waals surface area contributed by atoms with E-state index in [0.29, 0.717) is 51.2 Å². The van der Waals surface area contributed by atoms with E-state index in [9.17, 15) is 47.9 Å². The summed E-state index contributed by atoms with van der Waals surface area (Å²) < 4.78 is 0. The zero-order chi connectivity index (χ0) is 53.5. The number of nitrogens with one attached hydrogen (secondary N) is 9. The van der Waals surface area contributed by atoms with Gasteiger partial charge in [0, 0.05) is 39.0 Å². The molecule has 0 aromatic rings. The zero-order valence-corrected chi connectivity index (χ0v) is 44.7. The van der Waals surface area contributed by atoms with Gasteiger partial charge in [0.1, 0.15) is 34.7 Å². The average Bonchev–Trinajstić information content (AvgIpc) is 3.79.